The van der Waals surface area contributed by atoms with Crippen LogP contribution in [0.3, 0.4) is 0 Å². The number of amides is 2. The van der Waals surface area contributed by atoms with E-state index >= 15 is 0 Å². The van der Waals surface area contributed by atoms with Crippen LogP contribution in [-0.4, -0.2) is 57.4 Å². The van der Waals surface area contributed by atoms with Gasteiger partial charge in [-0.25, -0.2) is 9.18 Å². The van der Waals surface area contributed by atoms with Crippen LogP contribution in [0.4, 0.5) is 9.18 Å². The van der Waals surface area contributed by atoms with E-state index < -0.39 is 6.17 Å². The number of halogens is 1. The summed E-state index contributed by atoms with van der Waals surface area (Å²) in [5.74, 6) is -0.170. The van der Waals surface area contributed by atoms with Crippen LogP contribution in [0.15, 0.2) is 24.3 Å². The minimum absolute atomic E-state index is 0.170. The molecule has 1 saturated heterocycles. The van der Waals surface area contributed by atoms with E-state index in [2.05, 4.69) is 11.2 Å². The van der Waals surface area contributed by atoms with Gasteiger partial charge in [0.05, 0.1) is 12.2 Å². The van der Waals surface area contributed by atoms with Gasteiger partial charge in [-0.3, -0.25) is 9.48 Å². The first-order chi connectivity index (χ1) is 14.9. The highest BCUT2D eigenvalue weighted by atomic mass is 19.1. The smallest absolute Gasteiger partial charge is 0.410 e. The second kappa shape index (κ2) is 9.08. The molecule has 0 spiro atoms. The molecule has 4 rings (SSSR count). The molecule has 2 aliphatic heterocycles. The number of rotatable bonds is 3. The topological polar surface area (TPSA) is 67.7 Å². The number of alkyl halides is 1. The van der Waals surface area contributed by atoms with E-state index in [-0.39, 0.29) is 18.6 Å². The normalized spacial score (nSPS) is 17.3. The zero-order valence-corrected chi connectivity index (χ0v) is 18.1. The molecule has 1 aromatic carbocycles. The zero-order chi connectivity index (χ0) is 22.0. The largest absolute Gasteiger partial charge is 0.445 e. The van der Waals surface area contributed by atoms with Gasteiger partial charge in [-0.05, 0) is 44.7 Å². The lowest BCUT2D eigenvalue weighted by Gasteiger charge is -2.27. The summed E-state index contributed by atoms with van der Waals surface area (Å²) in [6.45, 7) is 6.65. The molecule has 0 unspecified atom stereocenters. The number of hydrogen-bond acceptors (Lipinski definition) is 4. The van der Waals surface area contributed by atoms with Crippen molar-refractivity contribution in [3.63, 3.8) is 0 Å². The van der Waals surface area contributed by atoms with Crippen LogP contribution >= 0.6 is 0 Å². The summed E-state index contributed by atoms with van der Waals surface area (Å²) in [7, 11) is 0. The lowest BCUT2D eigenvalue weighted by molar-refractivity contribution is 0.0660. The van der Waals surface area contributed by atoms with Crippen molar-refractivity contribution in [3.8, 4) is 0 Å². The second-order valence-corrected chi connectivity index (χ2v) is 8.54. The zero-order valence-electron chi connectivity index (χ0n) is 18.1. The van der Waals surface area contributed by atoms with Gasteiger partial charge in [-0.2, -0.15) is 5.10 Å². The minimum Gasteiger partial charge on any atom is -0.445 e. The Morgan fingerprint density at radius 2 is 1.74 bits per heavy atom. The van der Waals surface area contributed by atoms with E-state index in [9.17, 15) is 14.0 Å². The number of piperidine rings is 1. The Labute approximate surface area is 181 Å². The van der Waals surface area contributed by atoms with Gasteiger partial charge in [0, 0.05) is 26.2 Å². The third-order valence-corrected chi connectivity index (χ3v) is 5.85. The van der Waals surface area contributed by atoms with Crippen molar-refractivity contribution in [2.45, 2.75) is 59.0 Å². The van der Waals surface area contributed by atoms with Crippen molar-refractivity contribution in [1.29, 1.82) is 0 Å². The first kappa shape index (κ1) is 21.3. The summed E-state index contributed by atoms with van der Waals surface area (Å²) in [6, 6.07) is 7.86. The van der Waals surface area contributed by atoms with Crippen molar-refractivity contribution < 1.29 is 18.7 Å². The third-order valence-electron chi connectivity index (χ3n) is 5.85. The molecule has 0 radical (unpaired) electrons. The molecule has 0 bridgehead atoms. The predicted molar refractivity (Wildman–Crippen MR) is 113 cm³/mol. The Balaban J connectivity index is 1.39. The fraction of sp³-hybridized carbons (Fsp3) is 0.522. The molecular formula is C23H29FN4O3. The number of ether oxygens (including phenoxy) is 1. The van der Waals surface area contributed by atoms with Crippen LogP contribution in [0, 0.1) is 13.8 Å². The van der Waals surface area contributed by atoms with Gasteiger partial charge < -0.3 is 14.5 Å². The minimum atomic E-state index is -0.828. The standard InChI is InChI=1S/C23H29FN4O3/c1-16-10-17(2)12-18(11-16)15-31-23(30)27-6-3-7-28-20(14-27)13-21(25-28)22(29)26-8-4-19(24)5-9-26/h10-13,19H,3-9,14-15H2,1-2H3. The fourth-order valence-corrected chi connectivity index (χ4v) is 4.32. The van der Waals surface area contributed by atoms with Crippen LogP contribution < -0.4 is 0 Å². The average molecular weight is 429 g/mol. The predicted octanol–water partition coefficient (Wildman–Crippen LogP) is 3.62. The van der Waals surface area contributed by atoms with Crippen molar-refractivity contribution in [2.24, 2.45) is 0 Å². The molecule has 1 fully saturated rings. The summed E-state index contributed by atoms with van der Waals surface area (Å²) in [5.41, 5.74) is 4.41. The second-order valence-electron chi connectivity index (χ2n) is 8.54. The van der Waals surface area contributed by atoms with Crippen LogP contribution in [-0.2, 0) is 24.4 Å². The number of likely N-dealkylation sites (tertiary alicyclic amines) is 1. The van der Waals surface area contributed by atoms with Gasteiger partial charge in [-0.15, -0.1) is 0 Å². The molecule has 0 atom stereocenters. The molecule has 166 valence electrons. The Kier molecular flexibility index (Phi) is 6.25. The van der Waals surface area contributed by atoms with E-state index in [1.807, 2.05) is 26.0 Å². The van der Waals surface area contributed by atoms with Gasteiger partial charge >= 0.3 is 6.09 Å². The summed E-state index contributed by atoms with van der Waals surface area (Å²) < 4.78 is 20.7. The Hall–Kier alpha value is -2.90. The number of aromatic nitrogens is 2. The molecule has 8 heteroatoms. The van der Waals surface area contributed by atoms with Crippen LogP contribution in [0.1, 0.15) is 52.1 Å². The molecular weight excluding hydrogens is 399 g/mol. The molecule has 31 heavy (non-hydrogen) atoms. The number of hydrogen-bond donors (Lipinski definition) is 0. The summed E-state index contributed by atoms with van der Waals surface area (Å²) in [6.07, 6.45) is 0.283. The maximum atomic E-state index is 13.4. The number of fused-ring (bicyclic) bond motifs is 1. The molecule has 2 aromatic rings. The quantitative estimate of drug-likeness (QED) is 0.749. The van der Waals surface area contributed by atoms with E-state index in [1.54, 1.807) is 20.5 Å². The summed E-state index contributed by atoms with van der Waals surface area (Å²) >= 11 is 0. The first-order valence-electron chi connectivity index (χ1n) is 10.9. The Morgan fingerprint density at radius 1 is 1.03 bits per heavy atom. The fourth-order valence-electron chi connectivity index (χ4n) is 4.32. The van der Waals surface area contributed by atoms with E-state index in [0.717, 1.165) is 28.8 Å². The number of nitrogens with zero attached hydrogens (tertiary/aromatic N) is 4. The Morgan fingerprint density at radius 3 is 2.45 bits per heavy atom. The number of aryl methyl sites for hydroxylation is 3. The van der Waals surface area contributed by atoms with Crippen molar-refractivity contribution in [1.82, 2.24) is 19.6 Å². The first-order valence-corrected chi connectivity index (χ1v) is 10.9. The van der Waals surface area contributed by atoms with Gasteiger partial charge in [0.25, 0.3) is 5.91 Å². The van der Waals surface area contributed by atoms with E-state index in [0.29, 0.717) is 51.3 Å². The van der Waals surface area contributed by atoms with Crippen LogP contribution in [0.5, 0.6) is 0 Å². The number of benzene rings is 1. The molecule has 7 nitrogen and oxygen atoms in total. The van der Waals surface area contributed by atoms with Gasteiger partial charge in [0.2, 0.25) is 0 Å². The highest BCUT2D eigenvalue weighted by molar-refractivity contribution is 5.92. The Bertz CT molecular complexity index is 945. The van der Waals surface area contributed by atoms with Crippen molar-refractivity contribution >= 4 is 12.0 Å². The molecule has 0 saturated carbocycles. The van der Waals surface area contributed by atoms with E-state index in [1.165, 1.54) is 0 Å². The third kappa shape index (κ3) is 5.06. The maximum Gasteiger partial charge on any atom is 0.410 e. The monoisotopic (exact) mass is 428 g/mol. The lowest BCUT2D eigenvalue weighted by atomic mass is 10.1. The maximum absolute atomic E-state index is 13.4. The van der Waals surface area contributed by atoms with Crippen molar-refractivity contribution in [2.75, 3.05) is 19.6 Å². The molecule has 2 amide bonds. The highest BCUT2D eigenvalue weighted by Gasteiger charge is 2.27. The average Bonchev–Trinajstić information content (AvgIpc) is 3.03. The summed E-state index contributed by atoms with van der Waals surface area (Å²) in [5, 5.41) is 4.46. The van der Waals surface area contributed by atoms with Gasteiger partial charge in [-0.1, -0.05) is 29.3 Å². The molecule has 1 aromatic heterocycles. The van der Waals surface area contributed by atoms with Crippen LogP contribution in [0.25, 0.3) is 0 Å². The molecule has 3 heterocycles. The highest BCUT2D eigenvalue weighted by Crippen LogP contribution is 2.19. The van der Waals surface area contributed by atoms with Crippen LogP contribution in [0.2, 0.25) is 0 Å². The van der Waals surface area contributed by atoms with Gasteiger partial charge in [0.1, 0.15) is 12.8 Å². The molecule has 2 aliphatic rings. The number of carbonyl (C=O) groups excluding carboxylic acids is 2. The number of carbonyl (C=O) groups is 2. The van der Waals surface area contributed by atoms with E-state index in [4.69, 9.17) is 4.74 Å². The molecule has 0 aliphatic carbocycles. The SMILES string of the molecule is Cc1cc(C)cc(COC(=O)N2CCCn3nc(C(=O)N4CCC(F)CC4)cc3C2)c1. The summed E-state index contributed by atoms with van der Waals surface area (Å²) in [4.78, 5) is 28.8. The van der Waals surface area contributed by atoms with Crippen molar-refractivity contribution in [3.05, 3.63) is 52.3 Å². The molecule has 0 N–H and O–H groups in total. The lowest BCUT2D eigenvalue weighted by Crippen LogP contribution is -2.39. The van der Waals surface area contributed by atoms with Gasteiger partial charge in [0.15, 0.2) is 5.69 Å².